The standard InChI is InChI=1S/C16H10Cl2N6O5/c1-28-7-23-13(25)3-2-12(22-23)29-14-9(17)4-8(5-10(14)18)24-16(27)20-15(26)11(6-19)21-24/h2-5H,7H2,1H3,(H,20,26,27). The molecule has 0 amide bonds. The summed E-state index contributed by atoms with van der Waals surface area (Å²) in [4.78, 5) is 37.1. The summed E-state index contributed by atoms with van der Waals surface area (Å²) in [6.45, 7) is -0.0849. The maximum atomic E-state index is 12.0. The van der Waals surface area contributed by atoms with Crippen LogP contribution >= 0.6 is 23.2 Å². The number of benzene rings is 1. The summed E-state index contributed by atoms with van der Waals surface area (Å²) in [6.07, 6.45) is 0. The van der Waals surface area contributed by atoms with Crippen molar-refractivity contribution < 1.29 is 9.47 Å². The summed E-state index contributed by atoms with van der Waals surface area (Å²) in [5.41, 5.74) is -2.63. The van der Waals surface area contributed by atoms with Gasteiger partial charge >= 0.3 is 5.69 Å². The van der Waals surface area contributed by atoms with Gasteiger partial charge in [-0.1, -0.05) is 23.2 Å². The Bertz CT molecular complexity index is 1280. The summed E-state index contributed by atoms with van der Waals surface area (Å²) in [5.74, 6) is 0.0227. The van der Waals surface area contributed by atoms with Crippen molar-refractivity contribution in [2.24, 2.45) is 0 Å². The third-order valence-electron chi connectivity index (χ3n) is 3.46. The Morgan fingerprint density at radius 3 is 2.48 bits per heavy atom. The van der Waals surface area contributed by atoms with Crippen LogP contribution < -0.4 is 21.5 Å². The van der Waals surface area contributed by atoms with Crippen LogP contribution in [0.4, 0.5) is 0 Å². The average molecular weight is 437 g/mol. The number of methoxy groups -OCH3 is 1. The number of nitrogens with zero attached hydrogens (tertiary/aromatic N) is 5. The molecular weight excluding hydrogens is 427 g/mol. The molecule has 3 aromatic rings. The molecule has 3 rings (SSSR count). The first-order valence-corrected chi connectivity index (χ1v) is 8.47. The lowest BCUT2D eigenvalue weighted by atomic mass is 10.3. The van der Waals surface area contributed by atoms with E-state index in [0.29, 0.717) is 0 Å². The number of halogens is 2. The van der Waals surface area contributed by atoms with E-state index in [9.17, 15) is 14.4 Å². The number of nitrogens with one attached hydrogen (secondary N) is 1. The first-order valence-electron chi connectivity index (χ1n) is 7.72. The molecule has 0 saturated heterocycles. The molecule has 13 heteroatoms. The minimum absolute atomic E-state index is 0.00480. The number of hydrogen-bond donors (Lipinski definition) is 1. The summed E-state index contributed by atoms with van der Waals surface area (Å²) in [7, 11) is 1.40. The number of rotatable bonds is 5. The van der Waals surface area contributed by atoms with E-state index < -0.39 is 22.5 Å². The van der Waals surface area contributed by atoms with Crippen LogP contribution in [0.15, 0.2) is 38.6 Å². The molecule has 0 spiro atoms. The Labute approximate surface area is 171 Å². The molecule has 1 N–H and O–H groups in total. The minimum Gasteiger partial charge on any atom is -0.434 e. The lowest BCUT2D eigenvalue weighted by Gasteiger charge is -2.12. The number of H-pyrrole nitrogens is 1. The molecule has 0 unspecified atom stereocenters. The molecule has 0 fully saturated rings. The first-order chi connectivity index (χ1) is 13.8. The van der Waals surface area contributed by atoms with Crippen LogP contribution in [-0.4, -0.2) is 31.7 Å². The van der Waals surface area contributed by atoms with Crippen molar-refractivity contribution in [3.05, 3.63) is 71.2 Å². The van der Waals surface area contributed by atoms with Crippen LogP contribution in [0.1, 0.15) is 5.69 Å². The molecule has 1 aromatic carbocycles. The van der Waals surface area contributed by atoms with Crippen molar-refractivity contribution in [2.75, 3.05) is 7.11 Å². The average Bonchev–Trinajstić information content (AvgIpc) is 2.67. The molecule has 0 aliphatic heterocycles. The Balaban J connectivity index is 2.03. The molecule has 29 heavy (non-hydrogen) atoms. The fourth-order valence-electron chi connectivity index (χ4n) is 2.22. The van der Waals surface area contributed by atoms with E-state index in [4.69, 9.17) is 37.9 Å². The molecule has 0 aliphatic rings. The van der Waals surface area contributed by atoms with Crippen molar-refractivity contribution in [1.82, 2.24) is 24.5 Å². The van der Waals surface area contributed by atoms with Gasteiger partial charge < -0.3 is 9.47 Å². The van der Waals surface area contributed by atoms with Gasteiger partial charge in [0.1, 0.15) is 12.8 Å². The third-order valence-corrected chi connectivity index (χ3v) is 4.02. The zero-order chi connectivity index (χ0) is 21.1. The van der Waals surface area contributed by atoms with E-state index in [-0.39, 0.29) is 34.1 Å². The second-order valence-electron chi connectivity index (χ2n) is 5.40. The highest BCUT2D eigenvalue weighted by Crippen LogP contribution is 2.37. The van der Waals surface area contributed by atoms with Gasteiger partial charge in [-0.3, -0.25) is 14.6 Å². The van der Waals surface area contributed by atoms with Crippen molar-refractivity contribution in [3.8, 4) is 23.4 Å². The first kappa shape index (κ1) is 20.3. The van der Waals surface area contributed by atoms with Gasteiger partial charge in [0.05, 0.1) is 15.7 Å². The normalized spacial score (nSPS) is 10.6. The fourth-order valence-corrected chi connectivity index (χ4v) is 2.77. The molecule has 0 aliphatic carbocycles. The van der Waals surface area contributed by atoms with E-state index in [1.165, 1.54) is 31.4 Å². The third kappa shape index (κ3) is 4.19. The molecule has 0 bridgehead atoms. The van der Waals surface area contributed by atoms with Gasteiger partial charge in [0.2, 0.25) is 11.6 Å². The van der Waals surface area contributed by atoms with Crippen molar-refractivity contribution in [2.45, 2.75) is 6.73 Å². The summed E-state index contributed by atoms with van der Waals surface area (Å²) >= 11 is 12.4. The van der Waals surface area contributed by atoms with Crippen molar-refractivity contribution in [1.29, 1.82) is 5.26 Å². The molecule has 0 radical (unpaired) electrons. The van der Waals surface area contributed by atoms with Gasteiger partial charge in [-0.15, -0.1) is 10.2 Å². The predicted molar refractivity (Wildman–Crippen MR) is 101 cm³/mol. The lowest BCUT2D eigenvalue weighted by molar-refractivity contribution is 0.114. The zero-order valence-electron chi connectivity index (χ0n) is 14.5. The van der Waals surface area contributed by atoms with E-state index >= 15 is 0 Å². The highest BCUT2D eigenvalue weighted by molar-refractivity contribution is 6.37. The molecule has 2 aromatic heterocycles. The zero-order valence-corrected chi connectivity index (χ0v) is 16.1. The van der Waals surface area contributed by atoms with Crippen LogP contribution in [0, 0.1) is 11.3 Å². The van der Waals surface area contributed by atoms with E-state index in [2.05, 4.69) is 10.2 Å². The summed E-state index contributed by atoms with van der Waals surface area (Å²) < 4.78 is 12.2. The summed E-state index contributed by atoms with van der Waals surface area (Å²) in [6, 6.07) is 6.71. The second kappa shape index (κ2) is 8.27. The Morgan fingerprint density at radius 1 is 1.17 bits per heavy atom. The monoisotopic (exact) mass is 436 g/mol. The van der Waals surface area contributed by atoms with Gasteiger partial charge in [0.15, 0.2) is 5.75 Å². The lowest BCUT2D eigenvalue weighted by Crippen LogP contribution is -2.33. The smallest absolute Gasteiger partial charge is 0.349 e. The molecule has 0 saturated carbocycles. The molecular formula is C16H10Cl2N6O5. The van der Waals surface area contributed by atoms with Crippen LogP contribution in [0.3, 0.4) is 0 Å². The van der Waals surface area contributed by atoms with E-state index in [1.807, 2.05) is 4.98 Å². The largest absolute Gasteiger partial charge is 0.434 e. The van der Waals surface area contributed by atoms with Gasteiger partial charge in [-0.05, 0) is 12.1 Å². The van der Waals surface area contributed by atoms with Crippen LogP contribution in [0.2, 0.25) is 10.0 Å². The Morgan fingerprint density at radius 2 is 1.86 bits per heavy atom. The number of aromatic amines is 1. The van der Waals surface area contributed by atoms with Crippen LogP contribution in [-0.2, 0) is 11.5 Å². The van der Waals surface area contributed by atoms with Crippen molar-refractivity contribution in [3.63, 3.8) is 0 Å². The maximum absolute atomic E-state index is 12.0. The number of aromatic nitrogens is 5. The number of ether oxygens (including phenoxy) is 2. The molecule has 148 valence electrons. The van der Waals surface area contributed by atoms with Crippen LogP contribution in [0.5, 0.6) is 11.6 Å². The van der Waals surface area contributed by atoms with Gasteiger partial charge in [-0.2, -0.15) is 9.94 Å². The maximum Gasteiger partial charge on any atom is 0.349 e. The highest BCUT2D eigenvalue weighted by atomic mass is 35.5. The SMILES string of the molecule is COCn1nc(Oc2c(Cl)cc(-n3nc(C#N)c(=O)[nH]c3=O)cc2Cl)ccc1=O. The molecule has 11 nitrogen and oxygen atoms in total. The van der Waals surface area contributed by atoms with E-state index in [1.54, 1.807) is 6.07 Å². The number of nitriles is 1. The van der Waals surface area contributed by atoms with Crippen LogP contribution in [0.25, 0.3) is 5.69 Å². The Kier molecular flexibility index (Phi) is 5.79. The van der Waals surface area contributed by atoms with Gasteiger partial charge in [-0.25, -0.2) is 9.48 Å². The molecule has 0 atom stereocenters. The number of hydrogen-bond acceptors (Lipinski definition) is 8. The van der Waals surface area contributed by atoms with Gasteiger partial charge in [0, 0.05) is 19.2 Å². The molecule has 2 heterocycles. The quantitative estimate of drug-likeness (QED) is 0.624. The predicted octanol–water partition coefficient (Wildman–Crippen LogP) is 1.05. The summed E-state index contributed by atoms with van der Waals surface area (Å²) in [5, 5.41) is 16.5. The fraction of sp³-hybridized carbons (Fsp3) is 0.125. The van der Waals surface area contributed by atoms with Crippen molar-refractivity contribution >= 4 is 23.2 Å². The van der Waals surface area contributed by atoms with E-state index in [0.717, 1.165) is 9.36 Å². The minimum atomic E-state index is -0.914. The van der Waals surface area contributed by atoms with Gasteiger partial charge in [0.25, 0.3) is 11.1 Å². The highest BCUT2D eigenvalue weighted by Gasteiger charge is 2.16. The topological polar surface area (TPSA) is 145 Å². The Hall–Kier alpha value is -3.46. The second-order valence-corrected chi connectivity index (χ2v) is 6.21.